The maximum absolute atomic E-state index is 12.5. The molecule has 2 aliphatic heterocycles. The molecule has 0 radical (unpaired) electrons. The maximum Gasteiger partial charge on any atom is 0.239 e. The quantitative estimate of drug-likeness (QED) is 0.621. The van der Waals surface area contributed by atoms with Crippen molar-refractivity contribution in [2.24, 2.45) is 5.92 Å². The van der Waals surface area contributed by atoms with Crippen LogP contribution in [-0.4, -0.2) is 38.0 Å². The second kappa shape index (κ2) is 7.27. The number of hydrogen-bond acceptors (Lipinski definition) is 3. The van der Waals surface area contributed by atoms with Crippen LogP contribution in [0.15, 0.2) is 40.4 Å². The van der Waals surface area contributed by atoms with Gasteiger partial charge in [0, 0.05) is 29.8 Å². The van der Waals surface area contributed by atoms with Crippen LogP contribution < -0.4 is 15.5 Å². The Bertz CT molecular complexity index is 644. The smallest absolute Gasteiger partial charge is 0.239 e. The molecule has 1 aromatic rings. The molecule has 1 aromatic carbocycles. The van der Waals surface area contributed by atoms with Gasteiger partial charge in [-0.2, -0.15) is 0 Å². The van der Waals surface area contributed by atoms with Crippen molar-refractivity contribution in [2.45, 2.75) is 12.8 Å². The number of carbonyl (C=O) groups is 2. The van der Waals surface area contributed by atoms with Gasteiger partial charge in [-0.15, -0.1) is 0 Å². The molecule has 2 heterocycles. The third kappa shape index (κ3) is 3.82. The highest BCUT2D eigenvalue weighted by Gasteiger charge is 2.37. The molecule has 0 bridgehead atoms. The van der Waals surface area contributed by atoms with Crippen LogP contribution in [0.5, 0.6) is 0 Å². The zero-order valence-corrected chi connectivity index (χ0v) is 14.4. The minimum absolute atomic E-state index is 0.111. The third-order valence-electron chi connectivity index (χ3n) is 4.29. The Hall–Kier alpha value is -1.66. The first-order valence-corrected chi connectivity index (χ1v) is 8.68. The van der Waals surface area contributed by atoms with Crippen molar-refractivity contribution in [3.8, 4) is 0 Å². The van der Waals surface area contributed by atoms with Gasteiger partial charge < -0.3 is 15.5 Å². The highest BCUT2D eigenvalue weighted by molar-refractivity contribution is 9.10. The van der Waals surface area contributed by atoms with E-state index in [9.17, 15) is 9.59 Å². The van der Waals surface area contributed by atoms with E-state index in [0.29, 0.717) is 19.5 Å². The predicted molar refractivity (Wildman–Crippen MR) is 93.2 cm³/mol. The fourth-order valence-electron chi connectivity index (χ4n) is 2.98. The number of amides is 2. The Morgan fingerprint density at radius 3 is 3.04 bits per heavy atom. The van der Waals surface area contributed by atoms with Crippen LogP contribution in [0.25, 0.3) is 0 Å². The lowest BCUT2D eigenvalue weighted by Crippen LogP contribution is -2.38. The lowest BCUT2D eigenvalue weighted by molar-refractivity contribution is -0.132. The number of anilines is 1. The van der Waals surface area contributed by atoms with Gasteiger partial charge in [-0.25, -0.2) is 0 Å². The maximum atomic E-state index is 12.5. The SMILES string of the molecule is O=C(NCC1=CCNCC1)C1CCN(c2cccc(Br)c2)C1=O. The minimum Gasteiger partial charge on any atom is -0.352 e. The van der Waals surface area contributed by atoms with E-state index in [1.54, 1.807) is 4.90 Å². The molecule has 122 valence electrons. The summed E-state index contributed by atoms with van der Waals surface area (Å²) in [7, 11) is 0. The molecule has 6 heteroatoms. The molecule has 1 fully saturated rings. The number of hydrogen-bond donors (Lipinski definition) is 2. The molecule has 2 N–H and O–H groups in total. The Morgan fingerprint density at radius 2 is 2.30 bits per heavy atom. The van der Waals surface area contributed by atoms with Gasteiger partial charge in [0.2, 0.25) is 11.8 Å². The fourth-order valence-corrected chi connectivity index (χ4v) is 3.36. The Kier molecular flexibility index (Phi) is 5.13. The van der Waals surface area contributed by atoms with Gasteiger partial charge in [0.1, 0.15) is 5.92 Å². The van der Waals surface area contributed by atoms with Crippen molar-refractivity contribution >= 4 is 33.4 Å². The molecule has 1 atom stereocenters. The topological polar surface area (TPSA) is 61.4 Å². The molecule has 0 spiro atoms. The van der Waals surface area contributed by atoms with Crippen LogP contribution in [0, 0.1) is 5.92 Å². The van der Waals surface area contributed by atoms with Gasteiger partial charge >= 0.3 is 0 Å². The van der Waals surface area contributed by atoms with Crippen molar-refractivity contribution in [3.05, 3.63) is 40.4 Å². The van der Waals surface area contributed by atoms with Gasteiger partial charge in [0.25, 0.3) is 0 Å². The fraction of sp³-hybridized carbons (Fsp3) is 0.412. The van der Waals surface area contributed by atoms with Crippen LogP contribution in [0.1, 0.15) is 12.8 Å². The molecular formula is C17H20BrN3O2. The van der Waals surface area contributed by atoms with E-state index in [2.05, 4.69) is 32.6 Å². The summed E-state index contributed by atoms with van der Waals surface area (Å²) in [5.41, 5.74) is 2.06. The first-order valence-electron chi connectivity index (χ1n) is 7.88. The summed E-state index contributed by atoms with van der Waals surface area (Å²) in [6, 6.07) is 7.60. The van der Waals surface area contributed by atoms with E-state index < -0.39 is 5.92 Å². The van der Waals surface area contributed by atoms with Gasteiger partial charge in [-0.3, -0.25) is 9.59 Å². The molecule has 0 aliphatic carbocycles. The van der Waals surface area contributed by atoms with Crippen molar-refractivity contribution in [1.29, 1.82) is 0 Å². The van der Waals surface area contributed by atoms with Crippen molar-refractivity contribution in [3.63, 3.8) is 0 Å². The van der Waals surface area contributed by atoms with E-state index in [0.717, 1.165) is 29.7 Å². The Balaban J connectivity index is 1.60. The normalized spacial score (nSPS) is 21.3. The molecule has 3 rings (SSSR count). The molecule has 0 aromatic heterocycles. The standard InChI is InChI=1S/C17H20BrN3O2/c18-13-2-1-3-14(10-13)21-9-6-15(17(21)23)16(22)20-11-12-4-7-19-8-5-12/h1-4,10,15,19H,5-9,11H2,(H,20,22). The molecule has 2 aliphatic rings. The number of halogens is 1. The van der Waals surface area contributed by atoms with E-state index >= 15 is 0 Å². The summed E-state index contributed by atoms with van der Waals surface area (Å²) in [6.07, 6.45) is 3.62. The number of nitrogens with zero attached hydrogens (tertiary/aromatic N) is 1. The van der Waals surface area contributed by atoms with E-state index in [1.807, 2.05) is 24.3 Å². The molecule has 1 unspecified atom stereocenters. The van der Waals surface area contributed by atoms with Crippen LogP contribution in [0.3, 0.4) is 0 Å². The second-order valence-corrected chi connectivity index (χ2v) is 6.76. The summed E-state index contributed by atoms with van der Waals surface area (Å²) in [6.45, 7) is 2.92. The van der Waals surface area contributed by atoms with Crippen molar-refractivity contribution in [2.75, 3.05) is 31.1 Å². The molecule has 5 nitrogen and oxygen atoms in total. The molecular weight excluding hydrogens is 358 g/mol. The van der Waals surface area contributed by atoms with Crippen LogP contribution in [0.4, 0.5) is 5.69 Å². The zero-order valence-electron chi connectivity index (χ0n) is 12.8. The second-order valence-electron chi connectivity index (χ2n) is 5.85. The van der Waals surface area contributed by atoms with Crippen LogP contribution >= 0.6 is 15.9 Å². The summed E-state index contributed by atoms with van der Waals surface area (Å²) < 4.78 is 0.925. The Labute approximate surface area is 144 Å². The number of carbonyl (C=O) groups excluding carboxylic acids is 2. The third-order valence-corrected chi connectivity index (χ3v) is 4.78. The van der Waals surface area contributed by atoms with Crippen molar-refractivity contribution < 1.29 is 9.59 Å². The minimum atomic E-state index is -0.573. The summed E-state index contributed by atoms with van der Waals surface area (Å²) >= 11 is 3.41. The molecule has 23 heavy (non-hydrogen) atoms. The van der Waals surface area contributed by atoms with E-state index in [-0.39, 0.29) is 11.8 Å². The van der Waals surface area contributed by atoms with Gasteiger partial charge in [-0.1, -0.05) is 33.6 Å². The monoisotopic (exact) mass is 377 g/mol. The van der Waals surface area contributed by atoms with Gasteiger partial charge in [0.05, 0.1) is 0 Å². The molecule has 1 saturated heterocycles. The molecule has 2 amide bonds. The lowest BCUT2D eigenvalue weighted by atomic mass is 10.1. The largest absolute Gasteiger partial charge is 0.352 e. The summed E-state index contributed by atoms with van der Waals surface area (Å²) in [4.78, 5) is 26.6. The van der Waals surface area contributed by atoms with Crippen LogP contribution in [-0.2, 0) is 9.59 Å². The molecule has 0 saturated carbocycles. The predicted octanol–water partition coefficient (Wildman–Crippen LogP) is 1.84. The summed E-state index contributed by atoms with van der Waals surface area (Å²) in [5, 5.41) is 6.16. The van der Waals surface area contributed by atoms with Gasteiger partial charge in [-0.05, 0) is 37.6 Å². The van der Waals surface area contributed by atoms with E-state index in [4.69, 9.17) is 0 Å². The highest BCUT2D eigenvalue weighted by Crippen LogP contribution is 2.27. The number of nitrogens with one attached hydrogen (secondary N) is 2. The average molecular weight is 378 g/mol. The number of rotatable bonds is 4. The first kappa shape index (κ1) is 16.2. The van der Waals surface area contributed by atoms with Gasteiger partial charge in [0.15, 0.2) is 0 Å². The highest BCUT2D eigenvalue weighted by atomic mass is 79.9. The zero-order chi connectivity index (χ0) is 16.2. The first-order chi connectivity index (χ1) is 11.1. The lowest BCUT2D eigenvalue weighted by Gasteiger charge is -2.18. The van der Waals surface area contributed by atoms with Crippen molar-refractivity contribution in [1.82, 2.24) is 10.6 Å². The van der Waals surface area contributed by atoms with E-state index in [1.165, 1.54) is 5.57 Å². The van der Waals surface area contributed by atoms with Crippen LogP contribution in [0.2, 0.25) is 0 Å². The number of benzene rings is 1. The summed E-state index contributed by atoms with van der Waals surface area (Å²) in [5.74, 6) is -0.844. The average Bonchev–Trinajstić information content (AvgIpc) is 2.95. The Morgan fingerprint density at radius 1 is 1.43 bits per heavy atom.